The van der Waals surface area contributed by atoms with E-state index in [1.165, 1.54) is 12.1 Å². The van der Waals surface area contributed by atoms with Crippen LogP contribution in [-0.2, 0) is 30.3 Å². The van der Waals surface area contributed by atoms with Gasteiger partial charge in [-0.05, 0) is 55.0 Å². The van der Waals surface area contributed by atoms with Crippen molar-refractivity contribution in [3.05, 3.63) is 83.7 Å². The first-order valence-corrected chi connectivity index (χ1v) is 14.3. The number of benzene rings is 2. The van der Waals surface area contributed by atoms with Gasteiger partial charge in [-0.15, -0.1) is 29.8 Å². The Labute approximate surface area is 255 Å². The molecule has 0 spiro atoms. The number of hydrogen-bond acceptors (Lipinski definition) is 7. The van der Waals surface area contributed by atoms with E-state index in [0.29, 0.717) is 16.0 Å². The fourth-order valence-corrected chi connectivity index (χ4v) is 8.11. The number of hydrogen-bond donors (Lipinski definition) is 1. The molecule has 0 aromatic heterocycles. The van der Waals surface area contributed by atoms with E-state index in [9.17, 15) is 33.5 Å². The first-order valence-electron chi connectivity index (χ1n) is 13.5. The average Bonchev–Trinajstić information content (AvgIpc) is 3.32. The van der Waals surface area contributed by atoms with Gasteiger partial charge >= 0.3 is 6.09 Å². The number of amides is 5. The second-order valence-corrected chi connectivity index (χ2v) is 12.3. The number of phenolic OH excluding ortho intramolecular Hbond substituents is 1. The number of imide groups is 4. The molecule has 1 N–H and O–H groups in total. The molecule has 222 valence electrons. The fraction of sp³-hybridized carbons (Fsp3) is 0.323. The Morgan fingerprint density at radius 1 is 1.09 bits per heavy atom. The van der Waals surface area contributed by atoms with Crippen molar-refractivity contribution >= 4 is 58.6 Å². The van der Waals surface area contributed by atoms with Crippen molar-refractivity contribution in [2.45, 2.75) is 34.9 Å². The number of methoxy groups -OCH3 is 1. The molecule has 0 radical (unpaired) electrons. The standard InChI is InChI=1S/C31H25Cl2FN2O7/c1-3-5-15-6-4-7-20(24(15)37)23-18-12-13-19-22(26(39)36(25(19)38)29(42)43-2)21(18)14-30(32)27(40)35(28(41)31(23,30)33)17-10-8-16(34)9-11-17/h3-4,6-12,19,21-23,37H,1,5,13-14H2,2H3. The molecule has 5 amide bonds. The second-order valence-electron chi connectivity index (χ2n) is 11.1. The van der Waals surface area contributed by atoms with Gasteiger partial charge in [0.2, 0.25) is 11.8 Å². The van der Waals surface area contributed by atoms with Crippen molar-refractivity contribution in [2.24, 2.45) is 17.8 Å². The van der Waals surface area contributed by atoms with Gasteiger partial charge in [-0.1, -0.05) is 35.9 Å². The number of halogens is 3. The number of rotatable bonds is 4. The number of alkyl halides is 2. The summed E-state index contributed by atoms with van der Waals surface area (Å²) in [5.74, 6) is -8.29. The summed E-state index contributed by atoms with van der Waals surface area (Å²) in [7, 11) is 1.05. The summed E-state index contributed by atoms with van der Waals surface area (Å²) in [5, 5.41) is 11.5. The topological polar surface area (TPSA) is 121 Å². The van der Waals surface area contributed by atoms with Crippen LogP contribution >= 0.6 is 23.2 Å². The van der Waals surface area contributed by atoms with Crippen molar-refractivity contribution < 1.29 is 38.2 Å². The Kier molecular flexibility index (Phi) is 6.78. The molecule has 9 nitrogen and oxygen atoms in total. The van der Waals surface area contributed by atoms with Crippen molar-refractivity contribution in [3.8, 4) is 5.75 Å². The van der Waals surface area contributed by atoms with Crippen LogP contribution in [0.1, 0.15) is 29.9 Å². The Morgan fingerprint density at radius 2 is 1.79 bits per heavy atom. The number of aromatic hydroxyl groups is 1. The van der Waals surface area contributed by atoms with E-state index in [4.69, 9.17) is 23.2 Å². The van der Waals surface area contributed by atoms with Gasteiger partial charge in [0.05, 0.1) is 24.6 Å². The molecule has 2 aliphatic carbocycles. The molecule has 6 atom stereocenters. The van der Waals surface area contributed by atoms with E-state index in [-0.39, 0.29) is 36.3 Å². The first kappa shape index (κ1) is 29.1. The summed E-state index contributed by atoms with van der Waals surface area (Å²) < 4.78 is 18.4. The van der Waals surface area contributed by atoms with Gasteiger partial charge in [0.1, 0.15) is 11.6 Å². The zero-order valence-electron chi connectivity index (χ0n) is 22.8. The summed E-state index contributed by atoms with van der Waals surface area (Å²) >= 11 is 14.5. The number of carbonyl (C=O) groups excluding carboxylic acids is 5. The molecule has 2 aliphatic heterocycles. The number of phenols is 1. The lowest BCUT2D eigenvalue weighted by Gasteiger charge is -2.50. The third-order valence-electron chi connectivity index (χ3n) is 9.08. The number of ether oxygens (including phenoxy) is 1. The number of anilines is 1. The SMILES string of the molecule is C=CCc1cccc(C2C3=CCC4C(=O)N(C(=O)OC)C(=O)C4C3CC3(Cl)C(=O)N(c4ccc(F)cc4)C(=O)C23Cl)c1O. The molecule has 43 heavy (non-hydrogen) atoms. The largest absolute Gasteiger partial charge is 0.507 e. The van der Waals surface area contributed by atoms with E-state index in [0.717, 1.165) is 24.1 Å². The molecule has 3 fully saturated rings. The molecule has 2 aromatic rings. The van der Waals surface area contributed by atoms with Crippen molar-refractivity contribution in [2.75, 3.05) is 12.0 Å². The van der Waals surface area contributed by atoms with Gasteiger partial charge in [-0.3, -0.25) is 19.2 Å². The van der Waals surface area contributed by atoms with Gasteiger partial charge in [-0.2, -0.15) is 4.90 Å². The Bertz CT molecular complexity index is 1660. The number of carbonyl (C=O) groups is 5. The molecule has 2 heterocycles. The monoisotopic (exact) mass is 626 g/mol. The van der Waals surface area contributed by atoms with Crippen molar-refractivity contribution in [1.29, 1.82) is 0 Å². The third kappa shape index (κ3) is 3.78. The van der Waals surface area contributed by atoms with Crippen molar-refractivity contribution in [3.63, 3.8) is 0 Å². The van der Waals surface area contributed by atoms with E-state index in [2.05, 4.69) is 11.3 Å². The quantitative estimate of drug-likeness (QED) is 0.299. The predicted octanol–water partition coefficient (Wildman–Crippen LogP) is 4.59. The van der Waals surface area contributed by atoms with E-state index in [1.807, 2.05) is 0 Å². The minimum absolute atomic E-state index is 0.0320. The number of allylic oxidation sites excluding steroid dienone is 3. The maximum absolute atomic E-state index is 14.3. The lowest BCUT2D eigenvalue weighted by molar-refractivity contribution is -0.138. The van der Waals surface area contributed by atoms with Gasteiger partial charge in [0.15, 0.2) is 9.75 Å². The minimum atomic E-state index is -2.20. The van der Waals surface area contributed by atoms with Crippen LogP contribution in [0.2, 0.25) is 0 Å². The fourth-order valence-electron chi connectivity index (χ4n) is 7.18. The van der Waals surface area contributed by atoms with Crippen LogP contribution in [0.25, 0.3) is 0 Å². The smallest absolute Gasteiger partial charge is 0.423 e. The lowest BCUT2D eigenvalue weighted by atomic mass is 9.56. The van der Waals surface area contributed by atoms with Crippen LogP contribution in [0.3, 0.4) is 0 Å². The number of nitrogens with zero attached hydrogens (tertiary/aromatic N) is 2. The molecule has 1 saturated carbocycles. The normalized spacial score (nSPS) is 31.4. The maximum atomic E-state index is 14.3. The van der Waals surface area contributed by atoms with Crippen molar-refractivity contribution in [1.82, 2.24) is 4.90 Å². The summed E-state index contributed by atoms with van der Waals surface area (Å²) in [4.78, 5) is 64.7. The highest BCUT2D eigenvalue weighted by Crippen LogP contribution is 2.66. The molecule has 2 saturated heterocycles. The van der Waals surface area contributed by atoms with Gasteiger partial charge in [0, 0.05) is 11.5 Å². The van der Waals surface area contributed by atoms with Crippen LogP contribution in [0, 0.1) is 23.6 Å². The van der Waals surface area contributed by atoms with Crippen LogP contribution in [0.4, 0.5) is 14.9 Å². The first-order chi connectivity index (χ1) is 20.4. The number of para-hydroxylation sites is 1. The molecule has 4 aliphatic rings. The highest BCUT2D eigenvalue weighted by molar-refractivity contribution is 6.58. The van der Waals surface area contributed by atoms with Gasteiger partial charge < -0.3 is 9.84 Å². The molecule has 6 rings (SSSR count). The minimum Gasteiger partial charge on any atom is -0.507 e. The third-order valence-corrected chi connectivity index (χ3v) is 10.5. The van der Waals surface area contributed by atoms with E-state index >= 15 is 0 Å². The zero-order valence-corrected chi connectivity index (χ0v) is 24.3. The van der Waals surface area contributed by atoms with Gasteiger partial charge in [-0.25, -0.2) is 14.1 Å². The highest BCUT2D eigenvalue weighted by Gasteiger charge is 2.77. The maximum Gasteiger partial charge on any atom is 0.423 e. The number of fused-ring (bicyclic) bond motifs is 4. The lowest BCUT2D eigenvalue weighted by Crippen LogP contribution is -2.60. The van der Waals surface area contributed by atoms with Crippen LogP contribution in [-0.4, -0.2) is 56.6 Å². The summed E-state index contributed by atoms with van der Waals surface area (Å²) in [6, 6.07) is 9.54. The Balaban J connectivity index is 1.58. The molecule has 12 heteroatoms. The Hall–Kier alpha value is -4.02. The Morgan fingerprint density at radius 3 is 2.44 bits per heavy atom. The van der Waals surface area contributed by atoms with E-state index < -0.39 is 69.0 Å². The van der Waals surface area contributed by atoms with Crippen LogP contribution < -0.4 is 4.90 Å². The van der Waals surface area contributed by atoms with Gasteiger partial charge in [0.25, 0.3) is 11.8 Å². The molecule has 2 aromatic carbocycles. The summed E-state index contributed by atoms with van der Waals surface area (Å²) in [6.45, 7) is 3.72. The predicted molar refractivity (Wildman–Crippen MR) is 153 cm³/mol. The second kappa shape index (κ2) is 10.0. The number of likely N-dealkylation sites (tertiary alicyclic amines) is 1. The highest BCUT2D eigenvalue weighted by atomic mass is 35.5. The van der Waals surface area contributed by atoms with Crippen LogP contribution in [0.5, 0.6) is 5.75 Å². The molecule has 6 unspecified atom stereocenters. The molecular formula is C31H25Cl2FN2O7. The van der Waals surface area contributed by atoms with E-state index in [1.54, 1.807) is 30.4 Å². The molecular weight excluding hydrogens is 602 g/mol. The molecule has 0 bridgehead atoms. The summed E-state index contributed by atoms with van der Waals surface area (Å²) in [6.07, 6.45) is 2.11. The average molecular weight is 627 g/mol. The summed E-state index contributed by atoms with van der Waals surface area (Å²) in [5.41, 5.74) is 1.14. The van der Waals surface area contributed by atoms with Crippen LogP contribution in [0.15, 0.2) is 66.8 Å². The zero-order chi connectivity index (χ0) is 31.0.